The first-order chi connectivity index (χ1) is 9.58. The number of nitrogens with zero attached hydrogens (tertiary/aromatic N) is 1. The van der Waals surface area contributed by atoms with Crippen LogP contribution in [0.1, 0.15) is 25.3 Å². The summed E-state index contributed by atoms with van der Waals surface area (Å²) < 4.78 is 0. The maximum Gasteiger partial charge on any atom is 0.237 e. The highest BCUT2D eigenvalue weighted by molar-refractivity contribution is 5.85. The third kappa shape index (κ3) is 6.53. The van der Waals surface area contributed by atoms with Crippen molar-refractivity contribution in [2.75, 3.05) is 13.6 Å². The van der Waals surface area contributed by atoms with Gasteiger partial charge in [0.2, 0.25) is 5.91 Å². The Morgan fingerprint density at radius 2 is 1.91 bits per heavy atom. The molecule has 1 saturated carbocycles. The zero-order valence-electron chi connectivity index (χ0n) is 13.2. The second-order valence-corrected chi connectivity index (χ2v) is 5.82. The molecule has 4 nitrogen and oxygen atoms in total. The number of benzene rings is 1. The summed E-state index contributed by atoms with van der Waals surface area (Å²) in [5, 5.41) is 2.96. The number of rotatable bonds is 7. The van der Waals surface area contributed by atoms with Crippen LogP contribution < -0.4 is 11.1 Å². The van der Waals surface area contributed by atoms with Crippen LogP contribution in [0.15, 0.2) is 30.3 Å². The molecule has 0 aliphatic heterocycles. The van der Waals surface area contributed by atoms with Crippen molar-refractivity contribution in [3.05, 3.63) is 35.9 Å². The Kier molecular flexibility index (Phi) is 9.69. The third-order valence-electron chi connectivity index (χ3n) is 4.05. The van der Waals surface area contributed by atoms with Crippen molar-refractivity contribution >= 4 is 30.7 Å². The Balaban J connectivity index is 0.00000220. The highest BCUT2D eigenvalue weighted by Gasteiger charge is 2.29. The summed E-state index contributed by atoms with van der Waals surface area (Å²) in [5.74, 6) is 0.673. The summed E-state index contributed by atoms with van der Waals surface area (Å²) >= 11 is 0. The van der Waals surface area contributed by atoms with Crippen LogP contribution >= 0.6 is 24.8 Å². The van der Waals surface area contributed by atoms with Crippen LogP contribution in [0.25, 0.3) is 0 Å². The van der Waals surface area contributed by atoms with E-state index in [1.807, 2.05) is 37.1 Å². The second kappa shape index (κ2) is 10.1. The predicted molar refractivity (Wildman–Crippen MR) is 95.6 cm³/mol. The fourth-order valence-electron chi connectivity index (χ4n) is 2.27. The van der Waals surface area contributed by atoms with Crippen LogP contribution in [0.4, 0.5) is 0 Å². The first-order valence-electron chi connectivity index (χ1n) is 7.35. The molecule has 0 heterocycles. The first-order valence-corrected chi connectivity index (χ1v) is 7.35. The van der Waals surface area contributed by atoms with E-state index < -0.39 is 0 Å². The van der Waals surface area contributed by atoms with E-state index in [0.29, 0.717) is 12.5 Å². The van der Waals surface area contributed by atoms with Gasteiger partial charge in [0.1, 0.15) is 0 Å². The average molecular weight is 348 g/mol. The summed E-state index contributed by atoms with van der Waals surface area (Å²) in [7, 11) is 1.97. The fourth-order valence-corrected chi connectivity index (χ4v) is 2.27. The maximum absolute atomic E-state index is 12.1. The van der Waals surface area contributed by atoms with E-state index in [-0.39, 0.29) is 42.8 Å². The van der Waals surface area contributed by atoms with E-state index in [1.54, 1.807) is 0 Å². The van der Waals surface area contributed by atoms with Gasteiger partial charge >= 0.3 is 0 Å². The molecule has 1 aromatic rings. The molecule has 1 aromatic carbocycles. The van der Waals surface area contributed by atoms with Crippen LogP contribution in [0.3, 0.4) is 0 Å². The average Bonchev–Trinajstić information content (AvgIpc) is 3.29. The molecule has 0 saturated heterocycles. The lowest BCUT2D eigenvalue weighted by atomic mass is 10.1. The summed E-state index contributed by atoms with van der Waals surface area (Å²) in [4.78, 5) is 14.2. The third-order valence-corrected chi connectivity index (χ3v) is 4.05. The number of likely N-dealkylation sites (N-methyl/N-ethyl adjacent to an activating group) is 1. The molecule has 1 aliphatic carbocycles. The Morgan fingerprint density at radius 1 is 1.32 bits per heavy atom. The number of hydrogen-bond acceptors (Lipinski definition) is 3. The van der Waals surface area contributed by atoms with Gasteiger partial charge in [-0.15, -0.1) is 24.8 Å². The zero-order chi connectivity index (χ0) is 14.5. The molecular formula is C16H27Cl2N3O. The number of nitrogens with one attached hydrogen (secondary N) is 1. The maximum atomic E-state index is 12.1. The topological polar surface area (TPSA) is 58.4 Å². The van der Waals surface area contributed by atoms with Crippen LogP contribution in [-0.2, 0) is 11.3 Å². The molecule has 1 amide bonds. The SMILES string of the molecule is CC(C(=O)NCC(N)C1CC1)N(C)Cc1ccccc1.Cl.Cl. The Labute approximate surface area is 145 Å². The van der Waals surface area contributed by atoms with Crippen LogP contribution in [-0.4, -0.2) is 36.5 Å². The molecule has 0 radical (unpaired) electrons. The van der Waals surface area contributed by atoms with Crippen molar-refractivity contribution in [1.82, 2.24) is 10.2 Å². The molecule has 2 unspecified atom stereocenters. The predicted octanol–water partition coefficient (Wildman–Crippen LogP) is 2.20. The van der Waals surface area contributed by atoms with Crippen molar-refractivity contribution in [2.45, 2.75) is 38.4 Å². The van der Waals surface area contributed by atoms with Gasteiger partial charge in [-0.05, 0) is 38.3 Å². The van der Waals surface area contributed by atoms with Crippen LogP contribution in [0, 0.1) is 5.92 Å². The van der Waals surface area contributed by atoms with E-state index in [0.717, 1.165) is 6.54 Å². The van der Waals surface area contributed by atoms with Gasteiger partial charge in [-0.1, -0.05) is 30.3 Å². The van der Waals surface area contributed by atoms with E-state index in [9.17, 15) is 4.79 Å². The molecule has 22 heavy (non-hydrogen) atoms. The summed E-state index contributed by atoms with van der Waals surface area (Å²) in [6.45, 7) is 3.29. The fraction of sp³-hybridized carbons (Fsp3) is 0.562. The molecule has 0 spiro atoms. The monoisotopic (exact) mass is 347 g/mol. The van der Waals surface area contributed by atoms with E-state index in [4.69, 9.17) is 5.73 Å². The minimum absolute atomic E-state index is 0. The van der Waals surface area contributed by atoms with Gasteiger partial charge < -0.3 is 11.1 Å². The standard InChI is InChI=1S/C16H25N3O.2ClH/c1-12(16(20)18-10-15(17)14-8-9-14)19(2)11-13-6-4-3-5-7-13;;/h3-7,12,14-15H,8-11,17H2,1-2H3,(H,18,20);2*1H. The Bertz CT molecular complexity index is 440. The molecule has 0 aromatic heterocycles. The molecule has 6 heteroatoms. The van der Waals surface area contributed by atoms with Gasteiger partial charge in [0.25, 0.3) is 0 Å². The van der Waals surface area contributed by atoms with Crippen LogP contribution in [0.2, 0.25) is 0 Å². The molecule has 0 bridgehead atoms. The summed E-state index contributed by atoms with van der Waals surface area (Å²) in [5.41, 5.74) is 7.21. The smallest absolute Gasteiger partial charge is 0.237 e. The van der Waals surface area contributed by atoms with Gasteiger partial charge in [0.15, 0.2) is 0 Å². The van der Waals surface area contributed by atoms with E-state index >= 15 is 0 Å². The van der Waals surface area contributed by atoms with Crippen molar-refractivity contribution < 1.29 is 4.79 Å². The minimum atomic E-state index is -0.151. The van der Waals surface area contributed by atoms with Crippen molar-refractivity contribution in [3.8, 4) is 0 Å². The molecule has 2 rings (SSSR count). The minimum Gasteiger partial charge on any atom is -0.353 e. The van der Waals surface area contributed by atoms with Crippen LogP contribution in [0.5, 0.6) is 0 Å². The number of amides is 1. The first kappa shape index (κ1) is 21.2. The number of carbonyl (C=O) groups excluding carboxylic acids is 1. The summed E-state index contributed by atoms with van der Waals surface area (Å²) in [6, 6.07) is 10.1. The largest absolute Gasteiger partial charge is 0.353 e. The molecule has 1 fully saturated rings. The molecular weight excluding hydrogens is 321 g/mol. The second-order valence-electron chi connectivity index (χ2n) is 5.82. The lowest BCUT2D eigenvalue weighted by Gasteiger charge is -2.24. The Morgan fingerprint density at radius 3 is 2.45 bits per heavy atom. The highest BCUT2D eigenvalue weighted by Crippen LogP contribution is 2.31. The number of carbonyl (C=O) groups is 1. The van der Waals surface area contributed by atoms with E-state index in [1.165, 1.54) is 18.4 Å². The molecule has 1 aliphatic rings. The van der Waals surface area contributed by atoms with Crippen molar-refractivity contribution in [3.63, 3.8) is 0 Å². The van der Waals surface area contributed by atoms with Gasteiger partial charge in [0, 0.05) is 19.1 Å². The number of nitrogens with two attached hydrogens (primary N) is 1. The van der Waals surface area contributed by atoms with Gasteiger partial charge in [-0.2, -0.15) is 0 Å². The molecule has 126 valence electrons. The van der Waals surface area contributed by atoms with Gasteiger partial charge in [0.05, 0.1) is 6.04 Å². The zero-order valence-corrected chi connectivity index (χ0v) is 14.8. The molecule has 3 N–H and O–H groups in total. The number of halogens is 2. The lowest BCUT2D eigenvalue weighted by Crippen LogP contribution is -2.47. The lowest BCUT2D eigenvalue weighted by molar-refractivity contribution is -0.125. The normalized spacial score (nSPS) is 16.2. The Hall–Kier alpha value is -0.810. The number of hydrogen-bond donors (Lipinski definition) is 2. The van der Waals surface area contributed by atoms with E-state index in [2.05, 4.69) is 17.4 Å². The highest BCUT2D eigenvalue weighted by atomic mass is 35.5. The van der Waals surface area contributed by atoms with Crippen molar-refractivity contribution in [2.24, 2.45) is 11.7 Å². The molecule has 2 atom stereocenters. The van der Waals surface area contributed by atoms with Gasteiger partial charge in [-0.3, -0.25) is 9.69 Å². The van der Waals surface area contributed by atoms with Crippen molar-refractivity contribution in [1.29, 1.82) is 0 Å². The quantitative estimate of drug-likeness (QED) is 0.794. The summed E-state index contributed by atoms with van der Waals surface area (Å²) in [6.07, 6.45) is 2.42. The van der Waals surface area contributed by atoms with Gasteiger partial charge in [-0.25, -0.2) is 0 Å².